The molecule has 10 heteroatoms. The summed E-state index contributed by atoms with van der Waals surface area (Å²) in [4.78, 5) is 56.2. The summed E-state index contributed by atoms with van der Waals surface area (Å²) < 4.78 is 29.1. The van der Waals surface area contributed by atoms with E-state index in [4.69, 9.17) is 0 Å². The van der Waals surface area contributed by atoms with Crippen molar-refractivity contribution in [3.05, 3.63) is 75.9 Å². The van der Waals surface area contributed by atoms with Gasteiger partial charge in [-0.3, -0.25) is 29.4 Å². The lowest BCUT2D eigenvalue weighted by molar-refractivity contribution is -0.136. The highest BCUT2D eigenvalue weighted by molar-refractivity contribution is 6.06. The predicted octanol–water partition coefficient (Wildman–Crippen LogP) is 4.92. The van der Waals surface area contributed by atoms with E-state index in [0.717, 1.165) is 37.4 Å². The number of halogens is 2. The number of piperidine rings is 1. The van der Waals surface area contributed by atoms with Crippen LogP contribution in [0.1, 0.15) is 91.6 Å². The van der Waals surface area contributed by atoms with Gasteiger partial charge in [-0.05, 0) is 85.9 Å². The van der Waals surface area contributed by atoms with Gasteiger partial charge in [-0.25, -0.2) is 8.78 Å². The van der Waals surface area contributed by atoms with Gasteiger partial charge in [-0.2, -0.15) is 0 Å². The molecule has 0 radical (unpaired) electrons. The summed E-state index contributed by atoms with van der Waals surface area (Å²) in [6, 6.07) is 8.67. The molecule has 6 rings (SSSR count). The molecular formula is C35H40F2N4O4. The zero-order valence-electron chi connectivity index (χ0n) is 26.3. The number of fused-ring (bicyclic) bond motifs is 1. The molecule has 3 heterocycles. The van der Waals surface area contributed by atoms with E-state index in [-0.39, 0.29) is 59.7 Å². The largest absolute Gasteiger partial charge is 0.336 e. The maximum atomic E-state index is 15.4. The van der Waals surface area contributed by atoms with Crippen molar-refractivity contribution in [2.24, 2.45) is 5.41 Å². The minimum atomic E-state index is -0.857. The normalized spacial score (nSPS) is 25.5. The summed E-state index contributed by atoms with van der Waals surface area (Å²) in [7, 11) is 0. The lowest BCUT2D eigenvalue weighted by atomic mass is 9.72. The van der Waals surface area contributed by atoms with Crippen LogP contribution in [-0.4, -0.2) is 76.1 Å². The van der Waals surface area contributed by atoms with Crippen molar-refractivity contribution in [1.82, 2.24) is 20.0 Å². The number of rotatable bonds is 5. The fourth-order valence-corrected chi connectivity index (χ4v) is 7.48. The topological polar surface area (TPSA) is 90.0 Å². The van der Waals surface area contributed by atoms with Crippen molar-refractivity contribution in [3.8, 4) is 0 Å². The maximum absolute atomic E-state index is 15.4. The lowest BCUT2D eigenvalue weighted by Gasteiger charge is -2.46. The Morgan fingerprint density at radius 3 is 2.36 bits per heavy atom. The minimum absolute atomic E-state index is 0.00136. The number of nitrogens with one attached hydrogen (secondary N) is 1. The monoisotopic (exact) mass is 618 g/mol. The number of carbonyl (C=O) groups is 4. The third-order valence-electron chi connectivity index (χ3n) is 9.96. The van der Waals surface area contributed by atoms with Crippen molar-refractivity contribution in [3.63, 3.8) is 0 Å². The number of hydrogen-bond donors (Lipinski definition) is 1. The second-order valence-corrected chi connectivity index (χ2v) is 13.9. The minimum Gasteiger partial charge on any atom is -0.336 e. The molecule has 0 aromatic heterocycles. The molecule has 0 spiro atoms. The fraction of sp³-hybridized carbons (Fsp3) is 0.486. The Morgan fingerprint density at radius 1 is 1.00 bits per heavy atom. The van der Waals surface area contributed by atoms with E-state index in [0.29, 0.717) is 18.7 Å². The second-order valence-electron chi connectivity index (χ2n) is 13.9. The standard InChI is InChI=1S/C35H40F2N4O4/c1-20-16-39(17-21(2)40(20)18-23-11-12-35(3,4)15-27(23)22-5-7-26(36)8-6-22)33(44)24-13-25-19-41(34(45)31(25)28(37)14-24)29-9-10-30(42)38-32(29)43/h5-8,13-14,20-21,29H,9-12,15-19H2,1-4H3,(H,38,42,43). The summed E-state index contributed by atoms with van der Waals surface area (Å²) in [6.07, 6.45) is 3.23. The molecule has 3 atom stereocenters. The molecule has 0 saturated carbocycles. The molecule has 3 aliphatic heterocycles. The summed E-state index contributed by atoms with van der Waals surface area (Å²) >= 11 is 0. The SMILES string of the molecule is CC1CN(C(=O)c2cc(F)c3c(c2)CN(C2CCC(=O)NC2=O)C3=O)CC(C)N1CC1=C(c2ccc(F)cc2)CC(C)(C)CC1. The van der Waals surface area contributed by atoms with E-state index in [1.54, 1.807) is 11.0 Å². The zero-order valence-corrected chi connectivity index (χ0v) is 26.3. The summed E-state index contributed by atoms with van der Waals surface area (Å²) in [5.74, 6) is -2.89. The van der Waals surface area contributed by atoms with Gasteiger partial charge in [-0.15, -0.1) is 0 Å². The van der Waals surface area contributed by atoms with Gasteiger partial charge in [-0.1, -0.05) is 31.6 Å². The first-order valence-electron chi connectivity index (χ1n) is 15.8. The molecular weight excluding hydrogens is 578 g/mol. The quantitative estimate of drug-likeness (QED) is 0.481. The Balaban J connectivity index is 1.18. The third-order valence-corrected chi connectivity index (χ3v) is 9.96. The molecule has 4 amide bonds. The zero-order chi connectivity index (χ0) is 32.2. The Kier molecular flexibility index (Phi) is 8.14. The fourth-order valence-electron chi connectivity index (χ4n) is 7.48. The number of benzene rings is 2. The van der Waals surface area contributed by atoms with Crippen LogP contribution in [0.3, 0.4) is 0 Å². The molecule has 2 saturated heterocycles. The van der Waals surface area contributed by atoms with Crippen LogP contribution < -0.4 is 5.32 Å². The number of hydrogen-bond acceptors (Lipinski definition) is 5. The molecule has 45 heavy (non-hydrogen) atoms. The van der Waals surface area contributed by atoms with E-state index in [1.807, 2.05) is 12.1 Å². The van der Waals surface area contributed by atoms with E-state index >= 15 is 4.39 Å². The van der Waals surface area contributed by atoms with Gasteiger partial charge in [0.25, 0.3) is 11.8 Å². The Hall–Kier alpha value is -3.92. The van der Waals surface area contributed by atoms with Crippen LogP contribution in [0.25, 0.3) is 5.57 Å². The van der Waals surface area contributed by atoms with E-state index in [9.17, 15) is 23.6 Å². The molecule has 1 N–H and O–H groups in total. The van der Waals surface area contributed by atoms with Crippen LogP contribution in [0.4, 0.5) is 8.78 Å². The van der Waals surface area contributed by atoms with Crippen LogP contribution >= 0.6 is 0 Å². The number of amides is 4. The van der Waals surface area contributed by atoms with Crippen LogP contribution in [0, 0.1) is 17.0 Å². The molecule has 0 bridgehead atoms. The van der Waals surface area contributed by atoms with Gasteiger partial charge in [0.1, 0.15) is 17.7 Å². The smallest absolute Gasteiger partial charge is 0.258 e. The van der Waals surface area contributed by atoms with Gasteiger partial charge in [0.05, 0.1) is 5.56 Å². The average Bonchev–Trinajstić information content (AvgIpc) is 3.31. The van der Waals surface area contributed by atoms with Gasteiger partial charge in [0.2, 0.25) is 11.8 Å². The van der Waals surface area contributed by atoms with Crippen LogP contribution in [0.15, 0.2) is 42.0 Å². The molecule has 2 fully saturated rings. The highest BCUT2D eigenvalue weighted by Crippen LogP contribution is 2.43. The van der Waals surface area contributed by atoms with Crippen molar-refractivity contribution in [1.29, 1.82) is 0 Å². The van der Waals surface area contributed by atoms with E-state index in [1.165, 1.54) is 28.2 Å². The summed E-state index contributed by atoms with van der Waals surface area (Å²) in [5, 5.41) is 2.25. The third kappa shape index (κ3) is 6.04. The molecule has 2 aromatic rings. The van der Waals surface area contributed by atoms with Crippen LogP contribution in [0.5, 0.6) is 0 Å². The number of allylic oxidation sites excluding steroid dienone is 1. The lowest BCUT2D eigenvalue weighted by Crippen LogP contribution is -2.58. The number of imide groups is 1. The molecule has 238 valence electrons. The first-order chi connectivity index (χ1) is 21.3. The molecule has 3 unspecified atom stereocenters. The van der Waals surface area contributed by atoms with Crippen molar-refractivity contribution >= 4 is 29.2 Å². The van der Waals surface area contributed by atoms with Crippen molar-refractivity contribution < 1.29 is 28.0 Å². The molecule has 8 nitrogen and oxygen atoms in total. The first-order valence-corrected chi connectivity index (χ1v) is 15.8. The molecule has 4 aliphatic rings. The summed E-state index contributed by atoms with van der Waals surface area (Å²) in [6.45, 7) is 10.4. The van der Waals surface area contributed by atoms with Crippen LogP contribution in [-0.2, 0) is 16.1 Å². The summed E-state index contributed by atoms with van der Waals surface area (Å²) in [5.41, 5.74) is 4.26. The van der Waals surface area contributed by atoms with E-state index in [2.05, 4.69) is 37.9 Å². The second kappa shape index (κ2) is 11.8. The number of nitrogens with zero attached hydrogens (tertiary/aromatic N) is 3. The van der Waals surface area contributed by atoms with Crippen molar-refractivity contribution in [2.75, 3.05) is 19.6 Å². The van der Waals surface area contributed by atoms with Gasteiger partial charge >= 0.3 is 0 Å². The van der Waals surface area contributed by atoms with Crippen molar-refractivity contribution in [2.45, 2.75) is 84.5 Å². The average molecular weight is 619 g/mol. The van der Waals surface area contributed by atoms with Gasteiger partial charge in [0.15, 0.2) is 0 Å². The Morgan fingerprint density at radius 2 is 1.69 bits per heavy atom. The maximum Gasteiger partial charge on any atom is 0.258 e. The molecule has 1 aliphatic carbocycles. The van der Waals surface area contributed by atoms with Gasteiger partial charge in [0, 0.05) is 50.2 Å². The predicted molar refractivity (Wildman–Crippen MR) is 165 cm³/mol. The Labute approximate surface area is 262 Å². The molecule has 2 aromatic carbocycles. The Bertz CT molecular complexity index is 1590. The van der Waals surface area contributed by atoms with Crippen LogP contribution in [0.2, 0.25) is 0 Å². The number of carbonyl (C=O) groups excluding carboxylic acids is 4. The highest BCUT2D eigenvalue weighted by atomic mass is 19.1. The highest BCUT2D eigenvalue weighted by Gasteiger charge is 2.41. The first kappa shape index (κ1) is 31.1. The van der Waals surface area contributed by atoms with E-state index < -0.39 is 29.6 Å². The van der Waals surface area contributed by atoms with Gasteiger partial charge < -0.3 is 9.80 Å². The number of piperazine rings is 1.